The molecule has 2 aromatic rings. The molecule has 0 amide bonds. The van der Waals surface area contributed by atoms with Crippen LogP contribution in [0.25, 0.3) is 0 Å². The third-order valence-corrected chi connectivity index (χ3v) is 6.37. The number of benzene rings is 2. The molecule has 5 nitrogen and oxygen atoms in total. The molecule has 0 atom stereocenters. The summed E-state index contributed by atoms with van der Waals surface area (Å²) in [6.45, 7) is 2.23. The van der Waals surface area contributed by atoms with Gasteiger partial charge in [-0.25, -0.2) is 0 Å². The Bertz CT molecular complexity index is 878. The lowest BCUT2D eigenvalue weighted by Crippen LogP contribution is -2.04. The van der Waals surface area contributed by atoms with Crippen molar-refractivity contribution < 1.29 is 22.8 Å². The highest BCUT2D eigenvalue weighted by molar-refractivity contribution is 7.85. The van der Waals surface area contributed by atoms with Crippen LogP contribution in [0.4, 0.5) is 0 Å². The lowest BCUT2D eigenvalue weighted by molar-refractivity contribution is 0.438. The standard InChI is InChI=1S/C25H36O5S/c1-2-3-4-5-6-7-8-9-10-11-15-18-23-24(26)19-22(20-25(23)31(27,28)29)30-21-16-13-12-14-17-21/h12-14,16-17,19-20,26H,2-11,15,18H2,1H3,(H,27,28,29). The maximum Gasteiger partial charge on any atom is 0.295 e. The number of ether oxygens (including phenoxy) is 1. The van der Waals surface area contributed by atoms with Crippen LogP contribution in [0, 0.1) is 0 Å². The zero-order chi connectivity index (χ0) is 22.5. The van der Waals surface area contributed by atoms with Gasteiger partial charge in [-0.1, -0.05) is 89.3 Å². The van der Waals surface area contributed by atoms with Crippen LogP contribution < -0.4 is 4.74 Å². The minimum Gasteiger partial charge on any atom is -0.507 e. The first-order valence-electron chi connectivity index (χ1n) is 11.5. The van der Waals surface area contributed by atoms with Gasteiger partial charge in [0.25, 0.3) is 10.1 Å². The third kappa shape index (κ3) is 9.32. The Morgan fingerprint density at radius 3 is 1.87 bits per heavy atom. The molecule has 0 saturated heterocycles. The minimum absolute atomic E-state index is 0.166. The zero-order valence-corrected chi connectivity index (χ0v) is 19.4. The zero-order valence-electron chi connectivity index (χ0n) is 18.6. The van der Waals surface area contributed by atoms with Gasteiger partial charge >= 0.3 is 0 Å². The van der Waals surface area contributed by atoms with Crippen LogP contribution in [-0.2, 0) is 16.5 Å². The van der Waals surface area contributed by atoms with Gasteiger partial charge < -0.3 is 9.84 Å². The molecule has 0 aliphatic heterocycles. The van der Waals surface area contributed by atoms with Gasteiger partial charge in [-0.2, -0.15) is 8.42 Å². The number of aromatic hydroxyl groups is 1. The lowest BCUT2D eigenvalue weighted by Gasteiger charge is -2.13. The summed E-state index contributed by atoms with van der Waals surface area (Å²) < 4.78 is 39.1. The van der Waals surface area contributed by atoms with Crippen molar-refractivity contribution in [2.24, 2.45) is 0 Å². The van der Waals surface area contributed by atoms with E-state index in [1.807, 2.05) is 6.07 Å². The summed E-state index contributed by atoms with van der Waals surface area (Å²) in [4.78, 5) is -0.287. The molecule has 0 unspecified atom stereocenters. The Morgan fingerprint density at radius 1 is 0.774 bits per heavy atom. The molecule has 172 valence electrons. The Morgan fingerprint density at radius 2 is 1.32 bits per heavy atom. The van der Waals surface area contributed by atoms with E-state index in [4.69, 9.17) is 4.74 Å². The van der Waals surface area contributed by atoms with E-state index in [0.29, 0.717) is 12.2 Å². The van der Waals surface area contributed by atoms with Gasteiger partial charge in [0, 0.05) is 17.7 Å². The SMILES string of the molecule is CCCCCCCCCCCCCc1c(O)cc(Oc2ccccc2)cc1S(=O)(=O)O. The smallest absolute Gasteiger partial charge is 0.295 e. The van der Waals surface area contributed by atoms with Gasteiger partial charge in [0.05, 0.1) is 0 Å². The van der Waals surface area contributed by atoms with Gasteiger partial charge in [0.1, 0.15) is 22.1 Å². The second-order valence-corrected chi connectivity index (χ2v) is 9.48. The van der Waals surface area contributed by atoms with Gasteiger partial charge in [-0.15, -0.1) is 0 Å². The molecule has 0 heterocycles. The van der Waals surface area contributed by atoms with E-state index in [0.717, 1.165) is 19.3 Å². The van der Waals surface area contributed by atoms with E-state index >= 15 is 0 Å². The molecule has 2 aromatic carbocycles. The number of phenols is 1. The molecular formula is C25H36O5S. The Hall–Kier alpha value is -2.05. The summed E-state index contributed by atoms with van der Waals surface area (Å²) >= 11 is 0. The number of para-hydroxylation sites is 1. The van der Waals surface area contributed by atoms with E-state index in [2.05, 4.69) is 6.92 Å². The number of phenolic OH excluding ortho intramolecular Hbond substituents is 1. The van der Waals surface area contributed by atoms with Crippen molar-refractivity contribution in [1.29, 1.82) is 0 Å². The average molecular weight is 449 g/mol. The summed E-state index contributed by atoms with van der Waals surface area (Å²) in [5, 5.41) is 10.4. The van der Waals surface area contributed by atoms with E-state index < -0.39 is 10.1 Å². The number of hydrogen-bond donors (Lipinski definition) is 2. The van der Waals surface area contributed by atoms with Crippen molar-refractivity contribution in [2.45, 2.75) is 88.9 Å². The second kappa shape index (κ2) is 13.4. The van der Waals surface area contributed by atoms with Crippen molar-refractivity contribution in [3.05, 3.63) is 48.0 Å². The van der Waals surface area contributed by atoms with Crippen molar-refractivity contribution in [3.8, 4) is 17.2 Å². The number of rotatable bonds is 15. The molecule has 0 fully saturated rings. The molecule has 0 aromatic heterocycles. The predicted octanol–water partition coefficient (Wildman–Crippen LogP) is 7.28. The highest BCUT2D eigenvalue weighted by atomic mass is 32.2. The average Bonchev–Trinajstić information content (AvgIpc) is 2.73. The van der Waals surface area contributed by atoms with Crippen LogP contribution in [0.15, 0.2) is 47.4 Å². The minimum atomic E-state index is -4.48. The van der Waals surface area contributed by atoms with Crippen LogP contribution in [0.5, 0.6) is 17.2 Å². The maximum absolute atomic E-state index is 11.9. The van der Waals surface area contributed by atoms with Gasteiger partial charge in [0.2, 0.25) is 0 Å². The van der Waals surface area contributed by atoms with Crippen LogP contribution in [0.3, 0.4) is 0 Å². The molecule has 0 aliphatic carbocycles. The fraction of sp³-hybridized carbons (Fsp3) is 0.520. The number of unbranched alkanes of at least 4 members (excludes halogenated alkanes) is 10. The summed E-state index contributed by atoms with van der Waals surface area (Å²) in [7, 11) is -4.48. The summed E-state index contributed by atoms with van der Waals surface area (Å²) in [5.74, 6) is 0.508. The molecular weight excluding hydrogens is 412 g/mol. The van der Waals surface area contributed by atoms with Gasteiger partial charge in [-0.3, -0.25) is 4.55 Å². The molecule has 0 aliphatic rings. The van der Waals surface area contributed by atoms with Crippen molar-refractivity contribution in [2.75, 3.05) is 0 Å². The highest BCUT2D eigenvalue weighted by Gasteiger charge is 2.21. The number of hydrogen-bond acceptors (Lipinski definition) is 4. The van der Waals surface area contributed by atoms with Crippen molar-refractivity contribution in [3.63, 3.8) is 0 Å². The fourth-order valence-electron chi connectivity index (χ4n) is 3.74. The summed E-state index contributed by atoms with van der Waals surface area (Å²) in [6, 6.07) is 11.5. The molecule has 0 bridgehead atoms. The van der Waals surface area contributed by atoms with E-state index in [-0.39, 0.29) is 22.0 Å². The van der Waals surface area contributed by atoms with Crippen molar-refractivity contribution >= 4 is 10.1 Å². The molecule has 2 rings (SSSR count). The van der Waals surface area contributed by atoms with Gasteiger partial charge in [-0.05, 0) is 25.0 Å². The molecule has 0 spiro atoms. The second-order valence-electron chi connectivity index (χ2n) is 8.09. The maximum atomic E-state index is 11.9. The van der Waals surface area contributed by atoms with E-state index in [1.165, 1.54) is 63.5 Å². The van der Waals surface area contributed by atoms with Gasteiger partial charge in [0.15, 0.2) is 0 Å². The Labute approximate surface area is 187 Å². The quantitative estimate of drug-likeness (QED) is 0.221. The topological polar surface area (TPSA) is 83.8 Å². The van der Waals surface area contributed by atoms with Crippen LogP contribution >= 0.6 is 0 Å². The third-order valence-electron chi connectivity index (χ3n) is 5.45. The Kier molecular flexibility index (Phi) is 10.9. The first-order valence-corrected chi connectivity index (χ1v) is 12.9. The monoisotopic (exact) mass is 448 g/mol. The van der Waals surface area contributed by atoms with Crippen LogP contribution in [-0.4, -0.2) is 18.1 Å². The molecule has 0 radical (unpaired) electrons. The molecule has 31 heavy (non-hydrogen) atoms. The summed E-state index contributed by atoms with van der Waals surface area (Å²) in [5.41, 5.74) is 0.249. The first-order chi connectivity index (χ1) is 14.9. The molecule has 6 heteroatoms. The summed E-state index contributed by atoms with van der Waals surface area (Å²) in [6.07, 6.45) is 13.5. The van der Waals surface area contributed by atoms with Crippen molar-refractivity contribution in [1.82, 2.24) is 0 Å². The first kappa shape index (κ1) is 25.2. The molecule has 2 N–H and O–H groups in total. The lowest BCUT2D eigenvalue weighted by atomic mass is 10.0. The van der Waals surface area contributed by atoms with Crippen LogP contribution in [0.2, 0.25) is 0 Å². The van der Waals surface area contributed by atoms with E-state index in [9.17, 15) is 18.1 Å². The highest BCUT2D eigenvalue weighted by Crippen LogP contribution is 2.34. The predicted molar refractivity (Wildman–Crippen MR) is 125 cm³/mol. The molecule has 0 saturated carbocycles. The van der Waals surface area contributed by atoms with Crippen LogP contribution in [0.1, 0.15) is 83.1 Å². The largest absolute Gasteiger partial charge is 0.507 e. The Balaban J connectivity index is 1.85. The normalized spacial score (nSPS) is 11.5. The fourth-order valence-corrected chi connectivity index (χ4v) is 4.52. The van der Waals surface area contributed by atoms with E-state index in [1.54, 1.807) is 24.3 Å².